The van der Waals surface area contributed by atoms with Crippen molar-refractivity contribution in [2.24, 2.45) is 0 Å². The molecule has 0 aromatic heterocycles. The second-order valence-electron chi connectivity index (χ2n) is 6.31. The molecule has 0 saturated carbocycles. The number of ether oxygens (including phenoxy) is 1. The van der Waals surface area contributed by atoms with Crippen molar-refractivity contribution < 1.29 is 9.53 Å². The normalized spacial score (nSPS) is 14.7. The average molecular weight is 425 g/mol. The van der Waals surface area contributed by atoms with Gasteiger partial charge in [-0.2, -0.15) is 11.8 Å². The number of carbonyl (C=O) groups excluding carboxylic acids is 1. The van der Waals surface area contributed by atoms with Crippen LogP contribution in [0.25, 0.3) is 0 Å². The predicted octanol–water partition coefficient (Wildman–Crippen LogP) is 4.60. The summed E-state index contributed by atoms with van der Waals surface area (Å²) in [7, 11) is 0. The van der Waals surface area contributed by atoms with Crippen LogP contribution in [-0.2, 0) is 11.2 Å². The Morgan fingerprint density at radius 2 is 1.85 bits per heavy atom. The summed E-state index contributed by atoms with van der Waals surface area (Å²) in [5.74, 6) is 2.61. The number of amides is 1. The molecule has 0 atom stereocenters. The summed E-state index contributed by atoms with van der Waals surface area (Å²) in [6, 6.07) is 12.9. The van der Waals surface area contributed by atoms with Gasteiger partial charge in [0.2, 0.25) is 0 Å². The maximum Gasteiger partial charge on any atom is 0.262 e. The molecule has 7 heteroatoms. The van der Waals surface area contributed by atoms with E-state index in [9.17, 15) is 4.79 Å². The average Bonchev–Trinajstić information content (AvgIpc) is 2.69. The van der Waals surface area contributed by atoms with Crippen molar-refractivity contribution in [3.8, 4) is 5.75 Å². The number of rotatable bonds is 7. The van der Waals surface area contributed by atoms with E-state index in [2.05, 4.69) is 22.3 Å². The van der Waals surface area contributed by atoms with E-state index in [-0.39, 0.29) is 12.5 Å². The van der Waals surface area contributed by atoms with E-state index in [1.165, 1.54) is 30.2 Å². The smallest absolute Gasteiger partial charge is 0.262 e. The Hall–Kier alpha value is -1.40. The molecule has 1 amide bonds. The van der Waals surface area contributed by atoms with Crippen LogP contribution in [0.2, 0.25) is 10.0 Å². The maximum atomic E-state index is 12.1. The monoisotopic (exact) mass is 424 g/mol. The van der Waals surface area contributed by atoms with Crippen LogP contribution in [0.15, 0.2) is 42.5 Å². The second-order valence-corrected chi connectivity index (χ2v) is 8.38. The fourth-order valence-corrected chi connectivity index (χ4v) is 4.11. The van der Waals surface area contributed by atoms with Gasteiger partial charge in [0, 0.05) is 47.9 Å². The third-order valence-corrected chi connectivity index (χ3v) is 5.80. The Bertz CT molecular complexity index is 765. The van der Waals surface area contributed by atoms with Gasteiger partial charge in [-0.1, -0.05) is 35.3 Å². The number of anilines is 1. The van der Waals surface area contributed by atoms with Crippen LogP contribution >= 0.6 is 35.0 Å². The fraction of sp³-hybridized carbons (Fsp3) is 0.350. The van der Waals surface area contributed by atoms with E-state index < -0.39 is 0 Å². The summed E-state index contributed by atoms with van der Waals surface area (Å²) >= 11 is 14.0. The lowest BCUT2D eigenvalue weighted by Gasteiger charge is -2.26. The van der Waals surface area contributed by atoms with E-state index in [4.69, 9.17) is 27.9 Å². The van der Waals surface area contributed by atoms with Crippen LogP contribution < -0.4 is 10.1 Å². The molecule has 1 N–H and O–H groups in total. The number of carbonyl (C=O) groups is 1. The van der Waals surface area contributed by atoms with Gasteiger partial charge in [-0.15, -0.1) is 0 Å². The molecule has 2 aromatic carbocycles. The minimum absolute atomic E-state index is 0.130. The lowest BCUT2D eigenvalue weighted by Crippen LogP contribution is -2.34. The summed E-state index contributed by atoms with van der Waals surface area (Å²) in [6.07, 6.45) is 1.02. The molecule has 0 unspecified atom stereocenters. The molecule has 144 valence electrons. The minimum atomic E-state index is -0.246. The van der Waals surface area contributed by atoms with E-state index in [1.54, 1.807) is 18.2 Å². The van der Waals surface area contributed by atoms with Gasteiger partial charge in [0.25, 0.3) is 5.91 Å². The van der Waals surface area contributed by atoms with Crippen molar-refractivity contribution in [3.05, 3.63) is 58.1 Å². The number of benzene rings is 2. The van der Waals surface area contributed by atoms with Crippen LogP contribution in [-0.4, -0.2) is 48.6 Å². The van der Waals surface area contributed by atoms with Crippen LogP contribution in [0.1, 0.15) is 5.56 Å². The summed E-state index contributed by atoms with van der Waals surface area (Å²) in [5, 5.41) is 3.75. The van der Waals surface area contributed by atoms with Crippen LogP contribution in [0.3, 0.4) is 0 Å². The third kappa shape index (κ3) is 6.61. The molecule has 1 fully saturated rings. The molecule has 2 aromatic rings. The van der Waals surface area contributed by atoms with Gasteiger partial charge in [0.1, 0.15) is 5.75 Å². The van der Waals surface area contributed by atoms with Gasteiger partial charge in [-0.05, 0) is 36.2 Å². The lowest BCUT2D eigenvalue weighted by atomic mass is 10.1. The molecule has 1 aliphatic heterocycles. The van der Waals surface area contributed by atoms with Gasteiger partial charge in [0.05, 0.1) is 5.02 Å². The van der Waals surface area contributed by atoms with E-state index >= 15 is 0 Å². The minimum Gasteiger partial charge on any atom is -0.482 e. The first-order valence-corrected chi connectivity index (χ1v) is 10.8. The Morgan fingerprint density at radius 3 is 2.59 bits per heavy atom. The number of thioether (sulfide) groups is 1. The molecule has 0 spiro atoms. The predicted molar refractivity (Wildman–Crippen MR) is 114 cm³/mol. The highest BCUT2D eigenvalue weighted by Gasteiger charge is 2.10. The first-order valence-electron chi connectivity index (χ1n) is 8.87. The van der Waals surface area contributed by atoms with Crippen molar-refractivity contribution in [1.82, 2.24) is 4.90 Å². The largest absolute Gasteiger partial charge is 0.482 e. The number of nitrogens with one attached hydrogen (secondary N) is 1. The summed E-state index contributed by atoms with van der Waals surface area (Å²) in [5.41, 5.74) is 2.02. The molecular weight excluding hydrogens is 403 g/mol. The molecule has 1 saturated heterocycles. The fourth-order valence-electron chi connectivity index (χ4n) is 2.79. The number of nitrogens with zero attached hydrogens (tertiary/aromatic N) is 1. The topological polar surface area (TPSA) is 41.6 Å². The van der Waals surface area contributed by atoms with Crippen molar-refractivity contribution in [1.29, 1.82) is 0 Å². The zero-order chi connectivity index (χ0) is 19.1. The molecule has 4 nitrogen and oxygen atoms in total. The Morgan fingerprint density at radius 1 is 1.11 bits per heavy atom. The van der Waals surface area contributed by atoms with Crippen LogP contribution in [0, 0.1) is 0 Å². The molecule has 0 aliphatic carbocycles. The molecule has 1 heterocycles. The summed E-state index contributed by atoms with van der Waals surface area (Å²) in [6.45, 7) is 3.31. The maximum absolute atomic E-state index is 12.1. The number of hydrogen-bond donors (Lipinski definition) is 1. The van der Waals surface area contributed by atoms with Gasteiger partial charge >= 0.3 is 0 Å². The van der Waals surface area contributed by atoms with Crippen molar-refractivity contribution >= 4 is 46.6 Å². The molecular formula is C20H22Cl2N2O2S. The first-order chi connectivity index (χ1) is 13.1. The highest BCUT2D eigenvalue weighted by molar-refractivity contribution is 7.99. The second kappa shape index (κ2) is 10.2. The highest BCUT2D eigenvalue weighted by Crippen LogP contribution is 2.27. The van der Waals surface area contributed by atoms with Crippen molar-refractivity contribution in [3.63, 3.8) is 0 Å². The van der Waals surface area contributed by atoms with Gasteiger partial charge in [0.15, 0.2) is 6.61 Å². The van der Waals surface area contributed by atoms with Gasteiger partial charge in [-0.3, -0.25) is 4.79 Å². The summed E-state index contributed by atoms with van der Waals surface area (Å²) in [4.78, 5) is 14.6. The van der Waals surface area contributed by atoms with Crippen molar-refractivity contribution in [2.45, 2.75) is 6.42 Å². The number of halogens is 2. The number of hydrogen-bond acceptors (Lipinski definition) is 4. The Balaban J connectivity index is 1.44. The van der Waals surface area contributed by atoms with Gasteiger partial charge in [-0.25, -0.2) is 0 Å². The molecule has 1 aliphatic rings. The highest BCUT2D eigenvalue weighted by atomic mass is 35.5. The van der Waals surface area contributed by atoms with Crippen molar-refractivity contribution in [2.75, 3.05) is 43.1 Å². The first kappa shape index (κ1) is 20.3. The molecule has 0 bridgehead atoms. The molecule has 3 rings (SSSR count). The van der Waals surface area contributed by atoms with E-state index in [0.717, 1.165) is 18.7 Å². The lowest BCUT2D eigenvalue weighted by molar-refractivity contribution is -0.118. The van der Waals surface area contributed by atoms with Gasteiger partial charge < -0.3 is 15.0 Å². The van der Waals surface area contributed by atoms with Crippen LogP contribution in [0.4, 0.5) is 5.69 Å². The van der Waals surface area contributed by atoms with E-state index in [1.807, 2.05) is 23.9 Å². The van der Waals surface area contributed by atoms with E-state index in [0.29, 0.717) is 15.8 Å². The summed E-state index contributed by atoms with van der Waals surface area (Å²) < 4.78 is 5.45. The zero-order valence-electron chi connectivity index (χ0n) is 14.9. The molecule has 0 radical (unpaired) electrons. The Labute approximate surface area is 174 Å². The third-order valence-electron chi connectivity index (χ3n) is 4.31. The standard InChI is InChI=1S/C20H22Cl2N2O2S/c21-16-3-6-18(22)19(13-16)26-14-20(25)23-17-4-1-15(2-5-17)7-8-24-9-11-27-12-10-24/h1-6,13H,7-12,14H2,(H,23,25). The Kier molecular flexibility index (Phi) is 7.70. The zero-order valence-corrected chi connectivity index (χ0v) is 17.2. The molecule has 27 heavy (non-hydrogen) atoms. The van der Waals surface area contributed by atoms with Crippen LogP contribution in [0.5, 0.6) is 5.75 Å². The SMILES string of the molecule is O=C(COc1cc(Cl)ccc1Cl)Nc1ccc(CCN2CCSCC2)cc1. The quantitative estimate of drug-likeness (QED) is 0.704.